The number of rotatable bonds is 11. The molecule has 3 rings (SSSR count). The van der Waals surface area contributed by atoms with Gasteiger partial charge < -0.3 is 24.6 Å². The standard InChI is InChI=1S/C27H36N2O7S/c1-27(2,3)20-18-24(26(31)28-21-8-6-5-7-9-21)36-25(19-20)35-17-15-29(14-16-30)37(32,33)23-12-10-22(34-4)11-13-23/h5-13,18,20,25,30H,14-17,19H2,1-4H3,(H,28,31)/t20-,25+/m0/s1. The molecule has 2 aromatic rings. The fourth-order valence-electron chi connectivity index (χ4n) is 3.88. The van der Waals surface area contributed by atoms with Gasteiger partial charge in [-0.3, -0.25) is 4.79 Å². The summed E-state index contributed by atoms with van der Waals surface area (Å²) in [6, 6.07) is 15.1. The number of aliphatic hydroxyl groups excluding tert-OH is 1. The number of nitrogens with one attached hydrogen (secondary N) is 1. The lowest BCUT2D eigenvalue weighted by Gasteiger charge is -2.36. The van der Waals surface area contributed by atoms with Gasteiger partial charge in [-0.05, 0) is 53.8 Å². The first-order valence-electron chi connectivity index (χ1n) is 12.2. The predicted molar refractivity (Wildman–Crippen MR) is 140 cm³/mol. The maximum Gasteiger partial charge on any atom is 0.290 e. The molecule has 0 radical (unpaired) electrons. The monoisotopic (exact) mass is 532 g/mol. The fourth-order valence-corrected chi connectivity index (χ4v) is 5.30. The lowest BCUT2D eigenvalue weighted by Crippen LogP contribution is -2.38. The lowest BCUT2D eigenvalue weighted by molar-refractivity contribution is -0.150. The first-order valence-corrected chi connectivity index (χ1v) is 13.6. The number of carbonyl (C=O) groups excluding carboxylic acids is 1. The van der Waals surface area contributed by atoms with E-state index in [-0.39, 0.29) is 54.2 Å². The molecular weight excluding hydrogens is 496 g/mol. The van der Waals surface area contributed by atoms with Crippen molar-refractivity contribution in [2.45, 2.75) is 38.4 Å². The molecule has 10 heteroatoms. The minimum absolute atomic E-state index is 0.000602. The van der Waals surface area contributed by atoms with Crippen LogP contribution < -0.4 is 10.1 Å². The van der Waals surface area contributed by atoms with Crippen LogP contribution in [-0.2, 0) is 24.3 Å². The van der Waals surface area contributed by atoms with E-state index in [2.05, 4.69) is 26.1 Å². The van der Waals surface area contributed by atoms with E-state index in [4.69, 9.17) is 14.2 Å². The van der Waals surface area contributed by atoms with E-state index in [0.717, 1.165) is 4.31 Å². The molecule has 2 N–H and O–H groups in total. The van der Waals surface area contributed by atoms with Gasteiger partial charge in [0, 0.05) is 25.2 Å². The zero-order chi connectivity index (χ0) is 27.1. The van der Waals surface area contributed by atoms with Crippen molar-refractivity contribution in [1.82, 2.24) is 4.31 Å². The first kappa shape index (κ1) is 28.6. The van der Waals surface area contributed by atoms with Crippen molar-refractivity contribution in [3.8, 4) is 5.75 Å². The summed E-state index contributed by atoms with van der Waals surface area (Å²) in [5, 5.41) is 12.3. The lowest BCUT2D eigenvalue weighted by atomic mass is 9.77. The molecule has 9 nitrogen and oxygen atoms in total. The Balaban J connectivity index is 1.67. The van der Waals surface area contributed by atoms with E-state index in [1.807, 2.05) is 24.3 Å². The second-order valence-electron chi connectivity index (χ2n) is 9.78. The molecule has 1 aliphatic heterocycles. The van der Waals surface area contributed by atoms with Gasteiger partial charge >= 0.3 is 0 Å². The Kier molecular flexibility index (Phi) is 9.72. The fraction of sp³-hybridized carbons (Fsp3) is 0.444. The molecule has 1 amide bonds. The number of methoxy groups -OCH3 is 1. The number of para-hydroxylation sites is 1. The third-order valence-corrected chi connectivity index (χ3v) is 8.03. The third-order valence-electron chi connectivity index (χ3n) is 6.12. The number of ether oxygens (including phenoxy) is 3. The minimum Gasteiger partial charge on any atom is -0.497 e. The average Bonchev–Trinajstić information content (AvgIpc) is 2.88. The van der Waals surface area contributed by atoms with Crippen molar-refractivity contribution >= 4 is 21.6 Å². The third kappa shape index (κ3) is 7.78. The van der Waals surface area contributed by atoms with Gasteiger partial charge in [0.25, 0.3) is 5.91 Å². The molecule has 1 aliphatic rings. The van der Waals surface area contributed by atoms with Crippen LogP contribution in [0.15, 0.2) is 71.3 Å². The number of benzene rings is 2. The molecule has 0 aromatic heterocycles. The Morgan fingerprint density at radius 1 is 1.11 bits per heavy atom. The normalized spacial score (nSPS) is 18.2. The number of anilines is 1. The van der Waals surface area contributed by atoms with Crippen LogP contribution in [0.5, 0.6) is 5.75 Å². The quantitative estimate of drug-likeness (QED) is 0.454. The summed E-state index contributed by atoms with van der Waals surface area (Å²) in [6.07, 6.45) is 1.60. The van der Waals surface area contributed by atoms with E-state index in [0.29, 0.717) is 17.9 Å². The van der Waals surface area contributed by atoms with Crippen molar-refractivity contribution in [3.05, 3.63) is 66.4 Å². The highest BCUT2D eigenvalue weighted by Crippen LogP contribution is 2.36. The molecule has 1 heterocycles. The van der Waals surface area contributed by atoms with Gasteiger partial charge in [0.15, 0.2) is 5.76 Å². The van der Waals surface area contributed by atoms with Crippen molar-refractivity contribution in [2.75, 3.05) is 38.7 Å². The average molecular weight is 533 g/mol. The van der Waals surface area contributed by atoms with Crippen LogP contribution in [0.1, 0.15) is 27.2 Å². The first-order chi connectivity index (χ1) is 17.5. The van der Waals surface area contributed by atoms with E-state index in [9.17, 15) is 18.3 Å². The smallest absolute Gasteiger partial charge is 0.290 e. The predicted octanol–water partition coefficient (Wildman–Crippen LogP) is 3.63. The summed E-state index contributed by atoms with van der Waals surface area (Å²) in [5.74, 6) is 0.328. The molecule has 202 valence electrons. The Hall–Kier alpha value is -2.92. The number of allylic oxidation sites excluding steroid dienone is 1. The zero-order valence-electron chi connectivity index (χ0n) is 21.7. The maximum absolute atomic E-state index is 13.1. The number of aliphatic hydroxyl groups is 1. The molecule has 37 heavy (non-hydrogen) atoms. The summed E-state index contributed by atoms with van der Waals surface area (Å²) < 4.78 is 44.3. The van der Waals surface area contributed by atoms with Gasteiger partial charge in [0.05, 0.1) is 25.2 Å². The zero-order valence-corrected chi connectivity index (χ0v) is 22.5. The molecule has 0 bridgehead atoms. The second kappa shape index (κ2) is 12.6. The van der Waals surface area contributed by atoms with Crippen LogP contribution in [0.3, 0.4) is 0 Å². The molecule has 0 saturated heterocycles. The SMILES string of the molecule is COc1ccc(S(=O)(=O)N(CCO)CCO[C@H]2C[C@@H](C(C)(C)C)C=C(C(=O)Nc3ccccc3)O2)cc1. The molecule has 0 saturated carbocycles. The maximum atomic E-state index is 13.1. The van der Waals surface area contributed by atoms with Gasteiger partial charge in [-0.1, -0.05) is 39.0 Å². The van der Waals surface area contributed by atoms with Crippen molar-refractivity contribution < 1.29 is 32.5 Å². The van der Waals surface area contributed by atoms with E-state index < -0.39 is 16.3 Å². The van der Waals surface area contributed by atoms with E-state index in [1.54, 1.807) is 24.3 Å². The Labute approximate surface area is 219 Å². The van der Waals surface area contributed by atoms with Crippen LogP contribution >= 0.6 is 0 Å². The van der Waals surface area contributed by atoms with Gasteiger partial charge in [0.1, 0.15) is 5.75 Å². The number of amides is 1. The Bertz CT molecular complexity index is 1160. The molecule has 2 aromatic carbocycles. The highest BCUT2D eigenvalue weighted by atomic mass is 32.2. The van der Waals surface area contributed by atoms with Crippen LogP contribution in [-0.4, -0.2) is 63.4 Å². The van der Waals surface area contributed by atoms with Crippen LogP contribution in [0, 0.1) is 11.3 Å². The highest BCUT2D eigenvalue weighted by Gasteiger charge is 2.34. The van der Waals surface area contributed by atoms with Gasteiger partial charge in [-0.15, -0.1) is 0 Å². The summed E-state index contributed by atoms with van der Waals surface area (Å²) in [5.41, 5.74) is 0.500. The summed E-state index contributed by atoms with van der Waals surface area (Å²) >= 11 is 0. The molecular formula is C27H36N2O7S. The Morgan fingerprint density at radius 3 is 2.38 bits per heavy atom. The highest BCUT2D eigenvalue weighted by molar-refractivity contribution is 7.89. The van der Waals surface area contributed by atoms with Gasteiger partial charge in [-0.2, -0.15) is 4.31 Å². The molecule has 2 atom stereocenters. The van der Waals surface area contributed by atoms with Gasteiger partial charge in [-0.25, -0.2) is 8.42 Å². The van der Waals surface area contributed by atoms with Gasteiger partial charge in [0.2, 0.25) is 16.3 Å². The summed E-state index contributed by atoms with van der Waals surface area (Å²) in [6.45, 7) is 5.83. The number of sulfonamides is 1. The van der Waals surface area contributed by atoms with Crippen LogP contribution in [0.4, 0.5) is 5.69 Å². The number of carbonyl (C=O) groups is 1. The number of nitrogens with zero attached hydrogens (tertiary/aromatic N) is 1. The number of hydrogen-bond donors (Lipinski definition) is 2. The number of hydrogen-bond acceptors (Lipinski definition) is 7. The Morgan fingerprint density at radius 2 is 1.78 bits per heavy atom. The molecule has 0 fully saturated rings. The molecule has 0 aliphatic carbocycles. The van der Waals surface area contributed by atoms with Crippen molar-refractivity contribution in [1.29, 1.82) is 0 Å². The van der Waals surface area contributed by atoms with Crippen LogP contribution in [0.25, 0.3) is 0 Å². The molecule has 0 unspecified atom stereocenters. The minimum atomic E-state index is -3.86. The van der Waals surface area contributed by atoms with Crippen molar-refractivity contribution in [3.63, 3.8) is 0 Å². The largest absolute Gasteiger partial charge is 0.497 e. The second-order valence-corrected chi connectivity index (χ2v) is 11.7. The van der Waals surface area contributed by atoms with Crippen molar-refractivity contribution in [2.24, 2.45) is 11.3 Å². The summed E-state index contributed by atoms with van der Waals surface area (Å²) in [4.78, 5) is 13.0. The van der Waals surface area contributed by atoms with Crippen LogP contribution in [0.2, 0.25) is 0 Å². The van der Waals surface area contributed by atoms with E-state index in [1.165, 1.54) is 19.2 Å². The topological polar surface area (TPSA) is 114 Å². The van der Waals surface area contributed by atoms with E-state index >= 15 is 0 Å². The summed E-state index contributed by atoms with van der Waals surface area (Å²) in [7, 11) is -2.36. The molecule has 0 spiro atoms.